The third-order valence-electron chi connectivity index (χ3n) is 4.05. The van der Waals surface area contributed by atoms with E-state index in [4.69, 9.17) is 0 Å². The fourth-order valence-corrected chi connectivity index (χ4v) is 3.06. The molecular formula is C12H23N. The summed E-state index contributed by atoms with van der Waals surface area (Å²) in [6.07, 6.45) is 11.7. The molecule has 1 heteroatoms. The summed E-state index contributed by atoms with van der Waals surface area (Å²) in [6, 6.07) is 0. The summed E-state index contributed by atoms with van der Waals surface area (Å²) in [7, 11) is 0. The van der Waals surface area contributed by atoms with Gasteiger partial charge in [-0.05, 0) is 45.7 Å². The second kappa shape index (κ2) is 4.00. The third-order valence-corrected chi connectivity index (χ3v) is 4.05. The Kier molecular flexibility index (Phi) is 2.92. The molecule has 2 rings (SSSR count). The molecule has 2 fully saturated rings. The van der Waals surface area contributed by atoms with E-state index in [0.717, 1.165) is 0 Å². The molecule has 0 aromatic carbocycles. The van der Waals surface area contributed by atoms with Gasteiger partial charge in [0.25, 0.3) is 0 Å². The Bertz CT molecular complexity index is 153. The predicted octanol–water partition coefficient (Wildman–Crippen LogP) is 3.20. The zero-order chi connectivity index (χ0) is 9.15. The van der Waals surface area contributed by atoms with Crippen LogP contribution in [0.5, 0.6) is 0 Å². The largest absolute Gasteiger partial charge is 0.298 e. The normalized spacial score (nSPS) is 30.2. The standard InChI is InChI=1S/C12H23N/c1-12(8-4-2-5-9-12)13-10-6-3-7-11-13/h2-11H2,1H3. The van der Waals surface area contributed by atoms with Crippen LogP contribution in [-0.2, 0) is 0 Å². The summed E-state index contributed by atoms with van der Waals surface area (Å²) in [4.78, 5) is 2.77. The summed E-state index contributed by atoms with van der Waals surface area (Å²) in [5, 5.41) is 0. The van der Waals surface area contributed by atoms with E-state index in [1.165, 1.54) is 64.5 Å². The van der Waals surface area contributed by atoms with Crippen molar-refractivity contribution >= 4 is 0 Å². The Morgan fingerprint density at radius 1 is 0.769 bits per heavy atom. The smallest absolute Gasteiger partial charge is 0.0181 e. The highest BCUT2D eigenvalue weighted by Crippen LogP contribution is 2.34. The first-order valence-corrected chi connectivity index (χ1v) is 6.06. The van der Waals surface area contributed by atoms with E-state index in [2.05, 4.69) is 11.8 Å². The Balaban J connectivity index is 1.94. The van der Waals surface area contributed by atoms with Crippen molar-refractivity contribution in [3.8, 4) is 0 Å². The molecule has 0 atom stereocenters. The fourth-order valence-electron chi connectivity index (χ4n) is 3.06. The number of likely N-dealkylation sites (tertiary alicyclic amines) is 1. The first kappa shape index (κ1) is 9.51. The molecule has 0 aromatic rings. The highest BCUT2D eigenvalue weighted by Gasteiger charge is 2.33. The van der Waals surface area contributed by atoms with Crippen molar-refractivity contribution in [3.05, 3.63) is 0 Å². The second-order valence-corrected chi connectivity index (χ2v) is 5.11. The van der Waals surface area contributed by atoms with Crippen molar-refractivity contribution in [3.63, 3.8) is 0 Å². The molecule has 0 bridgehead atoms. The monoisotopic (exact) mass is 181 g/mol. The molecule has 0 amide bonds. The molecule has 0 aromatic heterocycles. The molecule has 0 radical (unpaired) electrons. The predicted molar refractivity (Wildman–Crippen MR) is 56.9 cm³/mol. The summed E-state index contributed by atoms with van der Waals surface area (Å²) < 4.78 is 0. The number of rotatable bonds is 1. The first-order valence-electron chi connectivity index (χ1n) is 6.06. The number of nitrogens with zero attached hydrogens (tertiary/aromatic N) is 1. The van der Waals surface area contributed by atoms with Gasteiger partial charge in [-0.25, -0.2) is 0 Å². The van der Waals surface area contributed by atoms with Gasteiger partial charge < -0.3 is 0 Å². The lowest BCUT2D eigenvalue weighted by Gasteiger charge is -2.46. The molecule has 1 saturated carbocycles. The van der Waals surface area contributed by atoms with Crippen molar-refractivity contribution in [1.29, 1.82) is 0 Å². The van der Waals surface area contributed by atoms with Crippen molar-refractivity contribution in [2.75, 3.05) is 13.1 Å². The molecule has 1 nitrogen and oxygen atoms in total. The first-order chi connectivity index (χ1) is 6.31. The number of piperidine rings is 1. The Hall–Kier alpha value is -0.0400. The van der Waals surface area contributed by atoms with Crippen molar-refractivity contribution < 1.29 is 0 Å². The highest BCUT2D eigenvalue weighted by atomic mass is 15.2. The molecule has 0 N–H and O–H groups in total. The molecule has 0 unspecified atom stereocenters. The SMILES string of the molecule is CC1(N2CCCCC2)CCCCC1. The molecule has 13 heavy (non-hydrogen) atoms. The van der Waals surface area contributed by atoms with Crippen LogP contribution in [-0.4, -0.2) is 23.5 Å². The van der Waals surface area contributed by atoms with Gasteiger partial charge in [-0.2, -0.15) is 0 Å². The molecule has 1 aliphatic heterocycles. The summed E-state index contributed by atoms with van der Waals surface area (Å²) in [5.41, 5.74) is 0.582. The van der Waals surface area contributed by atoms with Crippen LogP contribution in [0.2, 0.25) is 0 Å². The van der Waals surface area contributed by atoms with E-state index in [1.54, 1.807) is 0 Å². The van der Waals surface area contributed by atoms with E-state index >= 15 is 0 Å². The van der Waals surface area contributed by atoms with Gasteiger partial charge in [0.1, 0.15) is 0 Å². The van der Waals surface area contributed by atoms with Crippen LogP contribution in [0.1, 0.15) is 58.3 Å². The maximum atomic E-state index is 2.77. The van der Waals surface area contributed by atoms with Gasteiger partial charge in [-0.3, -0.25) is 4.90 Å². The van der Waals surface area contributed by atoms with Gasteiger partial charge in [0.15, 0.2) is 0 Å². The van der Waals surface area contributed by atoms with Crippen LogP contribution in [0.25, 0.3) is 0 Å². The summed E-state index contributed by atoms with van der Waals surface area (Å²) >= 11 is 0. The minimum Gasteiger partial charge on any atom is -0.298 e. The number of hydrogen-bond acceptors (Lipinski definition) is 1. The van der Waals surface area contributed by atoms with Crippen molar-refractivity contribution in [2.24, 2.45) is 0 Å². The lowest BCUT2D eigenvalue weighted by atomic mass is 9.81. The zero-order valence-corrected chi connectivity index (χ0v) is 9.02. The summed E-state index contributed by atoms with van der Waals surface area (Å²) in [5.74, 6) is 0. The van der Waals surface area contributed by atoms with Crippen molar-refractivity contribution in [1.82, 2.24) is 4.90 Å². The molecule has 1 heterocycles. The van der Waals surface area contributed by atoms with Gasteiger partial charge in [-0.15, -0.1) is 0 Å². The Morgan fingerprint density at radius 2 is 1.31 bits per heavy atom. The van der Waals surface area contributed by atoms with Gasteiger partial charge in [0, 0.05) is 5.54 Å². The maximum absolute atomic E-state index is 2.77. The van der Waals surface area contributed by atoms with Crippen LogP contribution in [0, 0.1) is 0 Å². The second-order valence-electron chi connectivity index (χ2n) is 5.11. The molecule has 0 spiro atoms. The van der Waals surface area contributed by atoms with Crippen LogP contribution < -0.4 is 0 Å². The van der Waals surface area contributed by atoms with Crippen LogP contribution in [0.15, 0.2) is 0 Å². The van der Waals surface area contributed by atoms with Crippen molar-refractivity contribution in [2.45, 2.75) is 63.8 Å². The fraction of sp³-hybridized carbons (Fsp3) is 1.00. The number of hydrogen-bond donors (Lipinski definition) is 0. The average Bonchev–Trinajstić information content (AvgIpc) is 2.20. The highest BCUT2D eigenvalue weighted by molar-refractivity contribution is 4.90. The van der Waals surface area contributed by atoms with E-state index in [-0.39, 0.29) is 0 Å². The van der Waals surface area contributed by atoms with E-state index < -0.39 is 0 Å². The Labute approximate surface area is 82.5 Å². The lowest BCUT2D eigenvalue weighted by molar-refractivity contribution is 0.0486. The quantitative estimate of drug-likeness (QED) is 0.600. The molecular weight excluding hydrogens is 158 g/mol. The Morgan fingerprint density at radius 3 is 1.92 bits per heavy atom. The zero-order valence-electron chi connectivity index (χ0n) is 9.02. The lowest BCUT2D eigenvalue weighted by Crippen LogP contribution is -2.49. The van der Waals surface area contributed by atoms with Gasteiger partial charge in [0.05, 0.1) is 0 Å². The molecule has 76 valence electrons. The minimum absolute atomic E-state index is 0.582. The van der Waals surface area contributed by atoms with Gasteiger partial charge in [0.2, 0.25) is 0 Å². The molecule has 1 aliphatic carbocycles. The van der Waals surface area contributed by atoms with Crippen LogP contribution in [0.3, 0.4) is 0 Å². The van der Waals surface area contributed by atoms with Crippen LogP contribution >= 0.6 is 0 Å². The average molecular weight is 181 g/mol. The molecule has 1 saturated heterocycles. The van der Waals surface area contributed by atoms with E-state index in [1.807, 2.05) is 0 Å². The van der Waals surface area contributed by atoms with Gasteiger partial charge >= 0.3 is 0 Å². The topological polar surface area (TPSA) is 3.24 Å². The van der Waals surface area contributed by atoms with E-state index in [9.17, 15) is 0 Å². The summed E-state index contributed by atoms with van der Waals surface area (Å²) in [6.45, 7) is 5.24. The van der Waals surface area contributed by atoms with Gasteiger partial charge in [-0.1, -0.05) is 25.7 Å². The molecule has 2 aliphatic rings. The van der Waals surface area contributed by atoms with Crippen LogP contribution in [0.4, 0.5) is 0 Å². The minimum atomic E-state index is 0.582. The van der Waals surface area contributed by atoms with E-state index in [0.29, 0.717) is 5.54 Å². The maximum Gasteiger partial charge on any atom is 0.0181 e. The third kappa shape index (κ3) is 2.07.